The molecule has 1 atom stereocenters. The molecule has 0 aromatic heterocycles. The molecule has 0 bridgehead atoms. The van der Waals surface area contributed by atoms with E-state index in [2.05, 4.69) is 96.0 Å². The molecule has 196 valence electrons. The van der Waals surface area contributed by atoms with E-state index in [1.165, 1.54) is 76.8 Å². The van der Waals surface area contributed by atoms with Crippen LogP contribution in [0.25, 0.3) is 0 Å². The van der Waals surface area contributed by atoms with Crippen LogP contribution < -0.4 is 5.73 Å². The molecule has 1 fully saturated rings. The number of allylic oxidation sites excluding steroid dienone is 7. The first-order chi connectivity index (χ1) is 17.1. The number of hydrogen-bond donors (Lipinski definition) is 1. The summed E-state index contributed by atoms with van der Waals surface area (Å²) in [6.45, 7) is 22.5. The minimum Gasteiger partial charge on any atom is -0.347 e. The van der Waals surface area contributed by atoms with Crippen molar-refractivity contribution in [3.05, 3.63) is 93.9 Å². The third-order valence-electron chi connectivity index (χ3n) is 8.19. The number of nitrogens with zero attached hydrogens (tertiary/aromatic N) is 1. The number of nitrogens with two attached hydrogens (primary N) is 1. The molecule has 1 aliphatic carbocycles. The van der Waals surface area contributed by atoms with Crippen molar-refractivity contribution in [2.24, 2.45) is 17.1 Å². The molecule has 0 saturated heterocycles. The van der Waals surface area contributed by atoms with Crippen LogP contribution in [0.3, 0.4) is 0 Å². The van der Waals surface area contributed by atoms with E-state index in [0.29, 0.717) is 17.9 Å². The molecule has 0 radical (unpaired) electrons. The zero-order chi connectivity index (χ0) is 26.5. The van der Waals surface area contributed by atoms with Crippen LogP contribution in [0.2, 0.25) is 0 Å². The van der Waals surface area contributed by atoms with Crippen LogP contribution in [0.4, 0.5) is 0 Å². The maximum atomic E-state index is 5.79. The van der Waals surface area contributed by atoms with Gasteiger partial charge in [-0.25, -0.2) is 0 Å². The van der Waals surface area contributed by atoms with E-state index in [1.807, 2.05) is 0 Å². The maximum absolute atomic E-state index is 5.79. The van der Waals surface area contributed by atoms with Gasteiger partial charge in [0.2, 0.25) is 0 Å². The van der Waals surface area contributed by atoms with Gasteiger partial charge < -0.3 is 10.6 Å². The number of rotatable bonds is 8. The lowest BCUT2D eigenvalue weighted by Crippen LogP contribution is -2.37. The quantitative estimate of drug-likeness (QED) is 0.372. The fourth-order valence-electron chi connectivity index (χ4n) is 6.45. The normalized spacial score (nSPS) is 21.7. The van der Waals surface area contributed by atoms with E-state index < -0.39 is 0 Å². The Kier molecular flexibility index (Phi) is 9.64. The fraction of sp³-hybridized carbons (Fsp3) is 0.529. The summed E-state index contributed by atoms with van der Waals surface area (Å²) in [4.78, 5) is 2.54. The zero-order valence-electron chi connectivity index (χ0n) is 24.1. The zero-order valence-corrected chi connectivity index (χ0v) is 24.1. The molecule has 1 unspecified atom stereocenters. The van der Waals surface area contributed by atoms with Gasteiger partial charge in [0.25, 0.3) is 0 Å². The monoisotopic (exact) mass is 486 g/mol. The molecule has 1 aliphatic heterocycles. The largest absolute Gasteiger partial charge is 0.347 e. The van der Waals surface area contributed by atoms with Gasteiger partial charge in [0.15, 0.2) is 0 Å². The van der Waals surface area contributed by atoms with Crippen molar-refractivity contribution in [2.45, 2.75) is 92.9 Å². The molecule has 2 aliphatic rings. The van der Waals surface area contributed by atoms with Gasteiger partial charge >= 0.3 is 0 Å². The van der Waals surface area contributed by atoms with E-state index in [1.54, 1.807) is 0 Å². The fourth-order valence-corrected chi connectivity index (χ4v) is 6.45. The first-order valence-electron chi connectivity index (χ1n) is 14.1. The van der Waals surface area contributed by atoms with Crippen LogP contribution in [0.5, 0.6) is 0 Å². The minimum absolute atomic E-state index is 0.200. The summed E-state index contributed by atoms with van der Waals surface area (Å²) in [5, 5.41) is 0. The summed E-state index contributed by atoms with van der Waals surface area (Å²) in [7, 11) is 0. The Labute approximate surface area is 221 Å². The summed E-state index contributed by atoms with van der Waals surface area (Å²) >= 11 is 0. The lowest BCUT2D eigenvalue weighted by molar-refractivity contribution is 0.167. The molecule has 0 amide bonds. The molecular weight excluding hydrogens is 436 g/mol. The third-order valence-corrected chi connectivity index (χ3v) is 8.19. The molecule has 1 aromatic carbocycles. The smallest absolute Gasteiger partial charge is 0.0448 e. The summed E-state index contributed by atoms with van der Waals surface area (Å²) in [5.41, 5.74) is 16.8. The van der Waals surface area contributed by atoms with Crippen molar-refractivity contribution in [3.63, 3.8) is 0 Å². The van der Waals surface area contributed by atoms with Gasteiger partial charge in [-0.05, 0) is 104 Å². The van der Waals surface area contributed by atoms with Gasteiger partial charge in [-0.1, -0.05) is 82.5 Å². The first-order valence-corrected chi connectivity index (χ1v) is 14.1. The van der Waals surface area contributed by atoms with Gasteiger partial charge in [0.05, 0.1) is 0 Å². The van der Waals surface area contributed by atoms with Crippen LogP contribution >= 0.6 is 0 Å². The summed E-state index contributed by atoms with van der Waals surface area (Å²) in [5.74, 6) is 0.674. The third kappa shape index (κ3) is 6.51. The van der Waals surface area contributed by atoms with Crippen molar-refractivity contribution in [1.82, 2.24) is 4.90 Å². The highest BCUT2D eigenvalue weighted by atomic mass is 15.1. The van der Waals surface area contributed by atoms with Crippen LogP contribution in [-0.4, -0.2) is 18.0 Å². The highest BCUT2D eigenvalue weighted by Gasteiger charge is 2.34. The van der Waals surface area contributed by atoms with Gasteiger partial charge in [-0.15, -0.1) is 0 Å². The second-order valence-corrected chi connectivity index (χ2v) is 12.0. The molecule has 2 heteroatoms. The topological polar surface area (TPSA) is 29.3 Å². The first kappa shape index (κ1) is 28.3. The number of benzene rings is 1. The van der Waals surface area contributed by atoms with Crippen molar-refractivity contribution >= 4 is 0 Å². The van der Waals surface area contributed by atoms with E-state index in [0.717, 1.165) is 13.0 Å². The summed E-state index contributed by atoms with van der Waals surface area (Å²) in [6.07, 6.45) is 14.7. The second-order valence-electron chi connectivity index (χ2n) is 12.0. The second kappa shape index (κ2) is 12.3. The number of hydrogen-bond acceptors (Lipinski definition) is 2. The van der Waals surface area contributed by atoms with Crippen molar-refractivity contribution < 1.29 is 0 Å². The van der Waals surface area contributed by atoms with Crippen LogP contribution in [-0.2, 0) is 6.42 Å². The molecule has 2 N–H and O–H groups in total. The van der Waals surface area contributed by atoms with Crippen LogP contribution in [0.1, 0.15) is 97.6 Å². The Morgan fingerprint density at radius 3 is 2.31 bits per heavy atom. The van der Waals surface area contributed by atoms with Gasteiger partial charge in [0.1, 0.15) is 0 Å². The molecule has 1 saturated carbocycles. The Morgan fingerprint density at radius 1 is 1.14 bits per heavy atom. The molecule has 1 aromatic rings. The summed E-state index contributed by atoms with van der Waals surface area (Å²) in [6, 6.07) is 9.03. The molecular formula is C34H50N2. The lowest BCUT2D eigenvalue weighted by atomic mass is 9.74. The highest BCUT2D eigenvalue weighted by Crippen LogP contribution is 2.44. The standard InChI is InChI=1S/C34H50N2/c1-9-29(32(24(2)3)25(4)5)21-31-27(7)33(30-15-13-28(14-16-30)17-20-35)26(6)22-36(31)23-34(8)18-11-10-12-19-34/h9,13-16,21-22,24,33H,7,10-12,17-20,23,35H2,1-6,8H3/b29-9+,31-21+. The van der Waals surface area contributed by atoms with E-state index in [-0.39, 0.29) is 5.92 Å². The maximum Gasteiger partial charge on any atom is 0.0448 e. The van der Waals surface area contributed by atoms with Crippen molar-refractivity contribution in [1.29, 1.82) is 0 Å². The van der Waals surface area contributed by atoms with Gasteiger partial charge in [-0.2, -0.15) is 0 Å². The minimum atomic E-state index is 0.200. The van der Waals surface area contributed by atoms with E-state index >= 15 is 0 Å². The lowest BCUT2D eigenvalue weighted by Gasteiger charge is -2.43. The van der Waals surface area contributed by atoms with E-state index in [9.17, 15) is 0 Å². The molecule has 1 heterocycles. The van der Waals surface area contributed by atoms with Crippen LogP contribution in [0, 0.1) is 11.3 Å². The molecule has 36 heavy (non-hydrogen) atoms. The van der Waals surface area contributed by atoms with Crippen molar-refractivity contribution in [2.75, 3.05) is 13.1 Å². The molecule has 0 spiro atoms. The van der Waals surface area contributed by atoms with E-state index in [4.69, 9.17) is 12.3 Å². The Bertz CT molecular complexity index is 1040. The average molecular weight is 487 g/mol. The average Bonchev–Trinajstić information content (AvgIpc) is 2.81. The predicted molar refractivity (Wildman–Crippen MR) is 158 cm³/mol. The predicted octanol–water partition coefficient (Wildman–Crippen LogP) is 8.84. The molecule has 2 nitrogen and oxygen atoms in total. The Morgan fingerprint density at radius 2 is 1.78 bits per heavy atom. The highest BCUT2D eigenvalue weighted by molar-refractivity contribution is 5.54. The van der Waals surface area contributed by atoms with Gasteiger partial charge in [-0.3, -0.25) is 0 Å². The van der Waals surface area contributed by atoms with Crippen molar-refractivity contribution in [3.8, 4) is 0 Å². The molecule has 3 rings (SSSR count). The SMILES string of the molecule is C=C1/C(=C\C(=C/C)C(=C(C)C)C(C)C)N(CC2(C)CCCCC2)C=C(C)C1c1ccc(CCN)cc1. The summed E-state index contributed by atoms with van der Waals surface area (Å²) < 4.78 is 0. The van der Waals surface area contributed by atoms with Gasteiger partial charge in [0, 0.05) is 24.4 Å². The Balaban J connectivity index is 2.09. The van der Waals surface area contributed by atoms with Crippen LogP contribution in [0.15, 0.2) is 82.8 Å². The Hall–Kier alpha value is -2.32.